The summed E-state index contributed by atoms with van der Waals surface area (Å²) in [6.07, 6.45) is 2.13. The molecule has 1 aliphatic heterocycles. The van der Waals surface area contributed by atoms with Gasteiger partial charge in [0.05, 0.1) is 9.40 Å². The normalized spacial score (nSPS) is 20.4. The monoisotopic (exact) mass is 328 g/mol. The first-order valence-corrected chi connectivity index (χ1v) is 7.16. The predicted molar refractivity (Wildman–Crippen MR) is 75.9 cm³/mol. The van der Waals surface area contributed by atoms with Gasteiger partial charge in [-0.3, -0.25) is 15.0 Å². The first-order chi connectivity index (χ1) is 9.11. The van der Waals surface area contributed by atoms with Crippen LogP contribution >= 0.6 is 15.9 Å². The van der Waals surface area contributed by atoms with Crippen molar-refractivity contribution in [3.05, 3.63) is 38.3 Å². The van der Waals surface area contributed by atoms with Gasteiger partial charge in [0.1, 0.15) is 0 Å². The number of aliphatic hydroxyl groups is 1. The number of hydrogen-bond donors (Lipinski definition) is 1. The number of likely N-dealkylation sites (tertiary alicyclic amines) is 1. The lowest BCUT2D eigenvalue weighted by atomic mass is 9.98. The van der Waals surface area contributed by atoms with Crippen LogP contribution in [0.2, 0.25) is 0 Å². The number of nitrogens with zero attached hydrogens (tertiary/aromatic N) is 2. The lowest BCUT2D eigenvalue weighted by molar-refractivity contribution is -0.385. The molecule has 2 rings (SSSR count). The van der Waals surface area contributed by atoms with Gasteiger partial charge >= 0.3 is 0 Å². The first-order valence-electron chi connectivity index (χ1n) is 6.36. The molecular weight excluding hydrogens is 312 g/mol. The number of piperidine rings is 1. The molecule has 104 valence electrons. The second-order valence-electron chi connectivity index (χ2n) is 4.93. The van der Waals surface area contributed by atoms with Gasteiger partial charge in [-0.05, 0) is 46.8 Å². The summed E-state index contributed by atoms with van der Waals surface area (Å²) in [6, 6.07) is 5.12. The molecule has 0 amide bonds. The Hall–Kier alpha value is -0.980. The number of rotatable bonds is 4. The highest BCUT2D eigenvalue weighted by Gasteiger charge is 2.21. The molecular formula is C13H17BrN2O3. The average molecular weight is 329 g/mol. The van der Waals surface area contributed by atoms with Gasteiger partial charge in [-0.1, -0.05) is 12.1 Å². The number of hydrogen-bond acceptors (Lipinski definition) is 4. The molecule has 0 spiro atoms. The van der Waals surface area contributed by atoms with E-state index in [-0.39, 0.29) is 17.2 Å². The molecule has 1 aliphatic rings. The summed E-state index contributed by atoms with van der Waals surface area (Å²) in [4.78, 5) is 12.8. The zero-order valence-corrected chi connectivity index (χ0v) is 12.2. The van der Waals surface area contributed by atoms with Crippen molar-refractivity contribution in [2.24, 2.45) is 5.92 Å². The molecule has 5 nitrogen and oxygen atoms in total. The Morgan fingerprint density at radius 1 is 1.53 bits per heavy atom. The Morgan fingerprint density at radius 3 is 3.00 bits per heavy atom. The number of halogens is 1. The highest BCUT2D eigenvalue weighted by molar-refractivity contribution is 9.10. The molecule has 19 heavy (non-hydrogen) atoms. The SMILES string of the molecule is O=[N+]([O-])c1cccc(CN2CCCC(CO)C2)c1Br. The van der Waals surface area contributed by atoms with E-state index >= 15 is 0 Å². The third-order valence-corrected chi connectivity index (χ3v) is 4.43. The number of benzene rings is 1. The summed E-state index contributed by atoms with van der Waals surface area (Å²) in [5.74, 6) is 0.325. The minimum absolute atomic E-state index is 0.105. The van der Waals surface area contributed by atoms with Gasteiger partial charge in [0.2, 0.25) is 0 Å². The maximum Gasteiger partial charge on any atom is 0.283 e. The van der Waals surface area contributed by atoms with E-state index < -0.39 is 0 Å². The van der Waals surface area contributed by atoms with Crippen molar-refractivity contribution in [2.75, 3.05) is 19.7 Å². The van der Waals surface area contributed by atoms with Gasteiger partial charge in [0.15, 0.2) is 0 Å². The summed E-state index contributed by atoms with van der Waals surface area (Å²) in [6.45, 7) is 2.72. The molecule has 0 bridgehead atoms. The van der Waals surface area contributed by atoms with Gasteiger partial charge in [-0.2, -0.15) is 0 Å². The van der Waals surface area contributed by atoms with E-state index in [4.69, 9.17) is 0 Å². The Kier molecular flexibility index (Phi) is 4.90. The van der Waals surface area contributed by atoms with Crippen LogP contribution in [0.3, 0.4) is 0 Å². The smallest absolute Gasteiger partial charge is 0.283 e. The molecule has 1 atom stereocenters. The Labute approximate surface area is 120 Å². The van der Waals surface area contributed by atoms with Crippen LogP contribution in [0, 0.1) is 16.0 Å². The van der Waals surface area contributed by atoms with Crippen molar-refractivity contribution < 1.29 is 10.0 Å². The summed E-state index contributed by atoms with van der Waals surface area (Å²) < 4.78 is 0.561. The van der Waals surface area contributed by atoms with Crippen molar-refractivity contribution in [3.8, 4) is 0 Å². The van der Waals surface area contributed by atoms with E-state index in [1.807, 2.05) is 6.07 Å². The van der Waals surface area contributed by atoms with Crippen LogP contribution in [-0.2, 0) is 6.54 Å². The van der Waals surface area contributed by atoms with E-state index in [1.165, 1.54) is 6.07 Å². The molecule has 1 saturated heterocycles. The summed E-state index contributed by atoms with van der Waals surface area (Å²) in [7, 11) is 0. The van der Waals surface area contributed by atoms with Crippen molar-refractivity contribution in [1.29, 1.82) is 0 Å². The van der Waals surface area contributed by atoms with Crippen LogP contribution < -0.4 is 0 Å². The molecule has 1 N–H and O–H groups in total. The van der Waals surface area contributed by atoms with Crippen LogP contribution in [0.5, 0.6) is 0 Å². The molecule has 6 heteroatoms. The summed E-state index contributed by atoms with van der Waals surface area (Å²) in [5.41, 5.74) is 1.03. The Bertz CT molecular complexity index is 467. The second-order valence-corrected chi connectivity index (χ2v) is 5.73. The second kappa shape index (κ2) is 6.45. The van der Waals surface area contributed by atoms with Crippen molar-refractivity contribution >= 4 is 21.6 Å². The van der Waals surface area contributed by atoms with Crippen LogP contribution in [0.15, 0.2) is 22.7 Å². The molecule has 1 aromatic carbocycles. The number of nitro groups is 1. The third-order valence-electron chi connectivity index (χ3n) is 3.51. The van der Waals surface area contributed by atoms with Crippen molar-refractivity contribution in [2.45, 2.75) is 19.4 Å². The molecule has 1 aromatic rings. The van der Waals surface area contributed by atoms with E-state index in [0.29, 0.717) is 16.9 Å². The largest absolute Gasteiger partial charge is 0.396 e. The Balaban J connectivity index is 2.10. The fraction of sp³-hybridized carbons (Fsp3) is 0.538. The van der Waals surface area contributed by atoms with Gasteiger partial charge < -0.3 is 5.11 Å². The quantitative estimate of drug-likeness (QED) is 0.681. The zero-order chi connectivity index (χ0) is 13.8. The molecule has 1 heterocycles. The van der Waals surface area contributed by atoms with Gasteiger partial charge in [-0.15, -0.1) is 0 Å². The third kappa shape index (κ3) is 3.52. The standard InChI is InChI=1S/C13H17BrN2O3/c14-13-11(4-1-5-12(13)16(18)19)8-15-6-2-3-10(7-15)9-17/h1,4-5,10,17H,2-3,6-9H2. The predicted octanol–water partition coefficient (Wildman–Crippen LogP) is 2.56. The first kappa shape index (κ1) is 14.4. The minimum atomic E-state index is -0.375. The fourth-order valence-electron chi connectivity index (χ4n) is 2.51. The maximum atomic E-state index is 10.9. The molecule has 0 saturated carbocycles. The highest BCUT2D eigenvalue weighted by Crippen LogP contribution is 2.30. The highest BCUT2D eigenvalue weighted by atomic mass is 79.9. The van der Waals surface area contributed by atoms with Crippen LogP contribution in [0.4, 0.5) is 5.69 Å². The fourth-order valence-corrected chi connectivity index (χ4v) is 3.05. The van der Waals surface area contributed by atoms with Crippen LogP contribution in [0.25, 0.3) is 0 Å². The Morgan fingerprint density at radius 2 is 2.32 bits per heavy atom. The molecule has 1 unspecified atom stereocenters. The lowest BCUT2D eigenvalue weighted by Crippen LogP contribution is -2.36. The van der Waals surface area contributed by atoms with Crippen molar-refractivity contribution in [3.63, 3.8) is 0 Å². The maximum absolute atomic E-state index is 10.9. The van der Waals surface area contributed by atoms with Gasteiger partial charge in [0, 0.05) is 25.8 Å². The number of aliphatic hydroxyl groups excluding tert-OH is 1. The van der Waals surface area contributed by atoms with Crippen LogP contribution in [0.1, 0.15) is 18.4 Å². The molecule has 0 aliphatic carbocycles. The van der Waals surface area contributed by atoms with E-state index in [1.54, 1.807) is 6.07 Å². The zero-order valence-electron chi connectivity index (χ0n) is 10.6. The molecule has 0 radical (unpaired) electrons. The van der Waals surface area contributed by atoms with Gasteiger partial charge in [0.25, 0.3) is 5.69 Å². The summed E-state index contributed by atoms with van der Waals surface area (Å²) >= 11 is 3.32. The van der Waals surface area contributed by atoms with E-state index in [9.17, 15) is 15.2 Å². The topological polar surface area (TPSA) is 66.6 Å². The molecule has 0 aromatic heterocycles. The van der Waals surface area contributed by atoms with Gasteiger partial charge in [-0.25, -0.2) is 0 Å². The van der Waals surface area contributed by atoms with Crippen molar-refractivity contribution in [1.82, 2.24) is 4.90 Å². The van der Waals surface area contributed by atoms with Crippen LogP contribution in [-0.4, -0.2) is 34.6 Å². The molecule has 1 fully saturated rings. The van der Waals surface area contributed by atoms with E-state index in [0.717, 1.165) is 31.5 Å². The summed E-state index contributed by atoms with van der Waals surface area (Å²) in [5, 5.41) is 20.1. The minimum Gasteiger partial charge on any atom is -0.396 e. The number of nitro benzene ring substituents is 1. The van der Waals surface area contributed by atoms with E-state index in [2.05, 4.69) is 20.8 Å². The average Bonchev–Trinajstić information content (AvgIpc) is 2.41. The lowest BCUT2D eigenvalue weighted by Gasteiger charge is -2.31.